The molecule has 0 aliphatic carbocycles. The smallest absolute Gasteiger partial charge is 0.274 e. The van der Waals surface area contributed by atoms with E-state index in [-0.39, 0.29) is 17.3 Å². The maximum atomic E-state index is 14.1. The number of halogens is 2. The number of ether oxygens (including phenoxy) is 1. The van der Waals surface area contributed by atoms with E-state index in [0.717, 1.165) is 6.07 Å². The molecule has 1 amide bonds. The molecule has 120 valence electrons. The second kappa shape index (κ2) is 7.06. The molecule has 0 radical (unpaired) electrons. The molecule has 1 aromatic carbocycles. The first-order valence-electron chi connectivity index (χ1n) is 6.93. The van der Waals surface area contributed by atoms with E-state index < -0.39 is 11.7 Å². The number of amides is 1. The summed E-state index contributed by atoms with van der Waals surface area (Å²) >= 11 is 5.73. The van der Waals surface area contributed by atoms with Crippen LogP contribution in [0.1, 0.15) is 10.5 Å². The second-order valence-electron chi connectivity index (χ2n) is 4.73. The van der Waals surface area contributed by atoms with Gasteiger partial charge in [0.15, 0.2) is 11.6 Å². The Morgan fingerprint density at radius 2 is 2.00 bits per heavy atom. The number of aromatic nitrogens is 2. The van der Waals surface area contributed by atoms with Crippen molar-refractivity contribution in [1.82, 2.24) is 9.97 Å². The number of benzene rings is 1. The minimum atomic E-state index is -0.634. The molecule has 1 N–H and O–H groups in total. The Kier molecular flexibility index (Phi) is 4.67. The molecule has 7 heteroatoms. The molecular formula is C17H11ClFN3O2. The van der Waals surface area contributed by atoms with Crippen molar-refractivity contribution >= 4 is 23.2 Å². The normalized spacial score (nSPS) is 10.2. The average Bonchev–Trinajstić information content (AvgIpc) is 2.60. The summed E-state index contributed by atoms with van der Waals surface area (Å²) in [6.45, 7) is 0. The van der Waals surface area contributed by atoms with Gasteiger partial charge in [-0.25, -0.2) is 9.37 Å². The van der Waals surface area contributed by atoms with Crippen molar-refractivity contribution in [2.75, 3.05) is 5.32 Å². The van der Waals surface area contributed by atoms with Gasteiger partial charge in [0.2, 0.25) is 5.88 Å². The average molecular weight is 344 g/mol. The summed E-state index contributed by atoms with van der Waals surface area (Å²) in [7, 11) is 0. The molecule has 0 atom stereocenters. The zero-order valence-corrected chi connectivity index (χ0v) is 13.0. The standard InChI is InChI=1S/C17H11ClFN3O2/c18-11-4-7-16(21-10-11)24-15-6-5-12(9-13(15)19)22-17(23)14-3-1-2-8-20-14/h1-10H,(H,22,23). The highest BCUT2D eigenvalue weighted by molar-refractivity contribution is 6.30. The zero-order chi connectivity index (χ0) is 16.9. The van der Waals surface area contributed by atoms with Crippen molar-refractivity contribution in [3.8, 4) is 11.6 Å². The fraction of sp³-hybridized carbons (Fsp3) is 0. The summed E-state index contributed by atoms with van der Waals surface area (Å²) in [5.74, 6) is -0.863. The van der Waals surface area contributed by atoms with Crippen molar-refractivity contribution in [3.05, 3.63) is 77.5 Å². The number of hydrogen-bond donors (Lipinski definition) is 1. The van der Waals surface area contributed by atoms with E-state index in [1.165, 1.54) is 30.6 Å². The number of pyridine rings is 2. The van der Waals surface area contributed by atoms with Crippen molar-refractivity contribution in [3.63, 3.8) is 0 Å². The van der Waals surface area contributed by atoms with Crippen molar-refractivity contribution in [1.29, 1.82) is 0 Å². The lowest BCUT2D eigenvalue weighted by atomic mass is 10.2. The number of nitrogens with one attached hydrogen (secondary N) is 1. The number of carbonyl (C=O) groups is 1. The molecule has 0 aliphatic rings. The van der Waals surface area contributed by atoms with Crippen LogP contribution in [0.15, 0.2) is 60.9 Å². The van der Waals surface area contributed by atoms with Gasteiger partial charge < -0.3 is 10.1 Å². The SMILES string of the molecule is O=C(Nc1ccc(Oc2ccc(Cl)cn2)c(F)c1)c1ccccn1. The Labute approximate surface area is 142 Å². The highest BCUT2D eigenvalue weighted by atomic mass is 35.5. The lowest BCUT2D eigenvalue weighted by molar-refractivity contribution is 0.102. The van der Waals surface area contributed by atoms with Gasteiger partial charge in [-0.1, -0.05) is 17.7 Å². The minimum absolute atomic E-state index is 0.0133. The Hall–Kier alpha value is -2.99. The Morgan fingerprint density at radius 1 is 1.12 bits per heavy atom. The molecule has 5 nitrogen and oxygen atoms in total. The summed E-state index contributed by atoms with van der Waals surface area (Å²) < 4.78 is 19.5. The van der Waals surface area contributed by atoms with Crippen LogP contribution in [0.4, 0.5) is 10.1 Å². The van der Waals surface area contributed by atoms with Gasteiger partial charge in [0.1, 0.15) is 5.69 Å². The largest absolute Gasteiger partial charge is 0.436 e. The van der Waals surface area contributed by atoms with Crippen molar-refractivity contribution < 1.29 is 13.9 Å². The van der Waals surface area contributed by atoms with Gasteiger partial charge in [-0.3, -0.25) is 9.78 Å². The third-order valence-electron chi connectivity index (χ3n) is 3.00. The first kappa shape index (κ1) is 15.9. The molecule has 0 unspecified atom stereocenters. The lowest BCUT2D eigenvalue weighted by Gasteiger charge is -2.08. The molecule has 3 rings (SSSR count). The lowest BCUT2D eigenvalue weighted by Crippen LogP contribution is -2.13. The quantitative estimate of drug-likeness (QED) is 0.766. The van der Waals surface area contributed by atoms with E-state index in [1.54, 1.807) is 24.3 Å². The predicted octanol–water partition coefficient (Wildman–Crippen LogP) is 4.31. The number of anilines is 1. The molecule has 0 bridgehead atoms. The van der Waals surface area contributed by atoms with Crippen LogP contribution in [0.2, 0.25) is 5.02 Å². The van der Waals surface area contributed by atoms with Crippen molar-refractivity contribution in [2.24, 2.45) is 0 Å². The summed E-state index contributed by atoms with van der Waals surface area (Å²) in [5, 5.41) is 3.02. The van der Waals surface area contributed by atoms with Gasteiger partial charge in [-0.15, -0.1) is 0 Å². The maximum absolute atomic E-state index is 14.1. The molecular weight excluding hydrogens is 333 g/mol. The zero-order valence-electron chi connectivity index (χ0n) is 12.2. The Balaban J connectivity index is 1.72. The van der Waals surface area contributed by atoms with Gasteiger partial charge in [0.05, 0.1) is 5.02 Å². The van der Waals surface area contributed by atoms with Crippen LogP contribution in [-0.4, -0.2) is 15.9 Å². The molecule has 0 saturated carbocycles. The third-order valence-corrected chi connectivity index (χ3v) is 3.23. The first-order chi connectivity index (χ1) is 11.6. The van der Waals surface area contributed by atoms with Crippen LogP contribution in [0, 0.1) is 5.82 Å². The van der Waals surface area contributed by atoms with E-state index >= 15 is 0 Å². The van der Waals surface area contributed by atoms with E-state index in [9.17, 15) is 9.18 Å². The van der Waals surface area contributed by atoms with E-state index in [0.29, 0.717) is 10.7 Å². The fourth-order valence-corrected chi connectivity index (χ4v) is 2.00. The Bertz CT molecular complexity index is 857. The minimum Gasteiger partial charge on any atom is -0.436 e. The summed E-state index contributed by atoms with van der Waals surface area (Å²) in [5.41, 5.74) is 0.531. The highest BCUT2D eigenvalue weighted by Gasteiger charge is 2.10. The number of rotatable bonds is 4. The van der Waals surface area contributed by atoms with Gasteiger partial charge >= 0.3 is 0 Å². The topological polar surface area (TPSA) is 64.1 Å². The van der Waals surface area contributed by atoms with Crippen LogP contribution in [0.3, 0.4) is 0 Å². The maximum Gasteiger partial charge on any atom is 0.274 e. The highest BCUT2D eigenvalue weighted by Crippen LogP contribution is 2.26. The third kappa shape index (κ3) is 3.85. The Morgan fingerprint density at radius 3 is 2.67 bits per heavy atom. The van der Waals surface area contributed by atoms with Gasteiger partial charge in [-0.2, -0.15) is 0 Å². The first-order valence-corrected chi connectivity index (χ1v) is 7.31. The van der Waals surface area contributed by atoms with Crippen LogP contribution in [-0.2, 0) is 0 Å². The van der Waals surface area contributed by atoms with Crippen LogP contribution < -0.4 is 10.1 Å². The van der Waals surface area contributed by atoms with Crippen LogP contribution in [0.5, 0.6) is 11.6 Å². The summed E-state index contributed by atoms with van der Waals surface area (Å²) in [4.78, 5) is 19.8. The molecule has 0 spiro atoms. The van der Waals surface area contributed by atoms with Crippen LogP contribution >= 0.6 is 11.6 Å². The molecule has 0 fully saturated rings. The number of hydrogen-bond acceptors (Lipinski definition) is 4. The fourth-order valence-electron chi connectivity index (χ4n) is 1.89. The van der Waals surface area contributed by atoms with E-state index in [1.807, 2.05) is 0 Å². The predicted molar refractivity (Wildman–Crippen MR) is 87.9 cm³/mol. The molecule has 2 heterocycles. The summed E-state index contributed by atoms with van der Waals surface area (Å²) in [6.07, 6.45) is 2.90. The van der Waals surface area contributed by atoms with Gasteiger partial charge in [0.25, 0.3) is 5.91 Å². The monoisotopic (exact) mass is 343 g/mol. The van der Waals surface area contributed by atoms with Crippen molar-refractivity contribution in [2.45, 2.75) is 0 Å². The molecule has 0 aliphatic heterocycles. The van der Waals surface area contributed by atoms with E-state index in [2.05, 4.69) is 15.3 Å². The molecule has 0 saturated heterocycles. The number of nitrogens with zero attached hydrogens (tertiary/aromatic N) is 2. The van der Waals surface area contributed by atoms with Gasteiger partial charge in [-0.05, 0) is 30.3 Å². The van der Waals surface area contributed by atoms with Crippen LogP contribution in [0.25, 0.3) is 0 Å². The summed E-state index contributed by atoms with van der Waals surface area (Å²) in [6, 6.07) is 12.2. The second-order valence-corrected chi connectivity index (χ2v) is 5.17. The van der Waals surface area contributed by atoms with Gasteiger partial charge in [0, 0.05) is 30.2 Å². The molecule has 3 aromatic rings. The van der Waals surface area contributed by atoms with E-state index in [4.69, 9.17) is 16.3 Å². The molecule has 2 aromatic heterocycles. The molecule has 24 heavy (non-hydrogen) atoms. The number of carbonyl (C=O) groups excluding carboxylic acids is 1.